The standard InChI is InChI=1S/C22H40N4O4/c1-14(2)30-20(27)24-12-15(3)26(21(28)29-7)18-9-8-16(10-19(18)24)17-11-23-25(13-17)22(4,5)6/h14-19,23H,8-13H2,1-7H3/t15-,16?,17?,18?,19?/m0/s1. The number of rotatable bonds is 2. The van der Waals surface area contributed by atoms with Crippen molar-refractivity contribution in [1.82, 2.24) is 20.2 Å². The molecule has 8 heteroatoms. The zero-order chi connectivity index (χ0) is 22.2. The van der Waals surface area contributed by atoms with Crippen molar-refractivity contribution in [2.75, 3.05) is 26.7 Å². The highest BCUT2D eigenvalue weighted by molar-refractivity contribution is 5.72. The summed E-state index contributed by atoms with van der Waals surface area (Å²) >= 11 is 0. The summed E-state index contributed by atoms with van der Waals surface area (Å²) in [4.78, 5) is 29.2. The Kier molecular flexibility index (Phi) is 6.87. The summed E-state index contributed by atoms with van der Waals surface area (Å²) in [6.45, 7) is 14.9. The maximum absolute atomic E-state index is 12.9. The van der Waals surface area contributed by atoms with Gasteiger partial charge in [0.05, 0.1) is 31.3 Å². The molecule has 2 aliphatic heterocycles. The van der Waals surface area contributed by atoms with Crippen LogP contribution in [0.2, 0.25) is 0 Å². The Morgan fingerprint density at radius 3 is 2.30 bits per heavy atom. The van der Waals surface area contributed by atoms with E-state index in [9.17, 15) is 9.59 Å². The Hall–Kier alpha value is -1.54. The van der Waals surface area contributed by atoms with Gasteiger partial charge in [-0.1, -0.05) is 0 Å². The molecule has 0 radical (unpaired) electrons. The highest BCUT2D eigenvalue weighted by Gasteiger charge is 2.49. The van der Waals surface area contributed by atoms with E-state index in [0.717, 1.165) is 32.4 Å². The number of methoxy groups -OCH3 is 1. The quantitative estimate of drug-likeness (QED) is 0.734. The summed E-state index contributed by atoms with van der Waals surface area (Å²) in [6, 6.07) is -0.154. The minimum atomic E-state index is -0.297. The van der Waals surface area contributed by atoms with Crippen LogP contribution in [0.5, 0.6) is 0 Å². The molecule has 2 amide bonds. The predicted octanol–water partition coefficient (Wildman–Crippen LogP) is 3.08. The lowest BCUT2D eigenvalue weighted by Gasteiger charge is -2.53. The molecule has 0 bridgehead atoms. The molecule has 30 heavy (non-hydrogen) atoms. The minimum Gasteiger partial charge on any atom is -0.453 e. The van der Waals surface area contributed by atoms with E-state index in [1.165, 1.54) is 7.11 Å². The lowest BCUT2D eigenvalue weighted by Crippen LogP contribution is -2.67. The predicted molar refractivity (Wildman–Crippen MR) is 115 cm³/mol. The van der Waals surface area contributed by atoms with Gasteiger partial charge in [0.2, 0.25) is 0 Å². The zero-order valence-electron chi connectivity index (χ0n) is 19.7. The Bertz CT molecular complexity index is 635. The summed E-state index contributed by atoms with van der Waals surface area (Å²) in [5.74, 6) is 1.05. The van der Waals surface area contributed by atoms with Crippen LogP contribution in [0.1, 0.15) is 60.8 Å². The largest absolute Gasteiger partial charge is 0.453 e. The second-order valence-corrected chi connectivity index (χ2v) is 10.4. The van der Waals surface area contributed by atoms with Gasteiger partial charge in [0, 0.05) is 25.2 Å². The third-order valence-corrected chi connectivity index (χ3v) is 6.91. The lowest BCUT2D eigenvalue weighted by molar-refractivity contribution is -0.0446. The van der Waals surface area contributed by atoms with Crippen molar-refractivity contribution < 1.29 is 19.1 Å². The second-order valence-electron chi connectivity index (χ2n) is 10.4. The highest BCUT2D eigenvalue weighted by atomic mass is 16.6. The third kappa shape index (κ3) is 4.69. The van der Waals surface area contributed by atoms with Gasteiger partial charge < -0.3 is 14.4 Å². The normalized spacial score (nSPS) is 32.9. The van der Waals surface area contributed by atoms with Crippen molar-refractivity contribution in [3.8, 4) is 0 Å². The summed E-state index contributed by atoms with van der Waals surface area (Å²) in [6.07, 6.45) is 2.10. The fraction of sp³-hybridized carbons (Fsp3) is 0.909. The van der Waals surface area contributed by atoms with Crippen molar-refractivity contribution in [2.45, 2.75) is 90.6 Å². The number of hydrazine groups is 1. The molecule has 0 aromatic heterocycles. The first-order chi connectivity index (χ1) is 14.0. The van der Waals surface area contributed by atoms with E-state index in [-0.39, 0.29) is 42.0 Å². The number of amides is 2. The number of carbonyl (C=O) groups is 2. The molecule has 3 fully saturated rings. The second kappa shape index (κ2) is 8.91. The van der Waals surface area contributed by atoms with Crippen LogP contribution >= 0.6 is 0 Å². The number of hydrogen-bond donors (Lipinski definition) is 1. The van der Waals surface area contributed by atoms with E-state index in [2.05, 4.69) is 31.2 Å². The van der Waals surface area contributed by atoms with Gasteiger partial charge >= 0.3 is 12.2 Å². The van der Waals surface area contributed by atoms with Crippen LogP contribution in [0.25, 0.3) is 0 Å². The maximum atomic E-state index is 12.9. The van der Waals surface area contributed by atoms with Gasteiger partial charge in [0.15, 0.2) is 0 Å². The van der Waals surface area contributed by atoms with Gasteiger partial charge in [-0.2, -0.15) is 0 Å². The van der Waals surface area contributed by atoms with Crippen LogP contribution in [-0.2, 0) is 9.47 Å². The summed E-state index contributed by atoms with van der Waals surface area (Å²) in [7, 11) is 1.43. The molecule has 4 unspecified atom stereocenters. The van der Waals surface area contributed by atoms with Crippen LogP contribution in [0.15, 0.2) is 0 Å². The first kappa shape index (κ1) is 23.1. The SMILES string of the molecule is COC(=O)N1C2CCC(C3CNN(C(C)(C)C)C3)CC2N(C(=O)OC(C)C)C[C@@H]1C. The third-order valence-electron chi connectivity index (χ3n) is 6.91. The fourth-order valence-electron chi connectivity index (χ4n) is 5.40. The molecule has 3 aliphatic rings. The molecule has 3 rings (SSSR count). The lowest BCUT2D eigenvalue weighted by atomic mass is 9.73. The van der Waals surface area contributed by atoms with Gasteiger partial charge in [0.25, 0.3) is 0 Å². The number of nitrogens with one attached hydrogen (secondary N) is 1. The van der Waals surface area contributed by atoms with E-state index >= 15 is 0 Å². The van der Waals surface area contributed by atoms with Gasteiger partial charge in [-0.25, -0.2) is 14.6 Å². The van der Waals surface area contributed by atoms with E-state index in [4.69, 9.17) is 9.47 Å². The van der Waals surface area contributed by atoms with Gasteiger partial charge in [0.1, 0.15) is 0 Å². The molecule has 1 N–H and O–H groups in total. The van der Waals surface area contributed by atoms with Crippen molar-refractivity contribution in [3.63, 3.8) is 0 Å². The minimum absolute atomic E-state index is 0.0229. The van der Waals surface area contributed by atoms with Crippen LogP contribution in [0.3, 0.4) is 0 Å². The molecule has 0 aromatic carbocycles. The molecule has 0 spiro atoms. The number of piperazine rings is 1. The smallest absolute Gasteiger partial charge is 0.410 e. The maximum Gasteiger partial charge on any atom is 0.410 e. The molecule has 2 heterocycles. The number of carbonyl (C=O) groups excluding carboxylic acids is 2. The van der Waals surface area contributed by atoms with E-state index in [1.807, 2.05) is 30.6 Å². The molecular formula is C22H40N4O4. The molecule has 2 saturated heterocycles. The first-order valence-corrected chi connectivity index (χ1v) is 11.4. The Balaban J connectivity index is 1.78. The zero-order valence-corrected chi connectivity index (χ0v) is 19.7. The molecule has 5 atom stereocenters. The summed E-state index contributed by atoms with van der Waals surface area (Å²) in [5, 5.41) is 2.33. The first-order valence-electron chi connectivity index (χ1n) is 11.4. The summed E-state index contributed by atoms with van der Waals surface area (Å²) < 4.78 is 10.6. The van der Waals surface area contributed by atoms with E-state index < -0.39 is 0 Å². The monoisotopic (exact) mass is 424 g/mol. The average Bonchev–Trinajstić information content (AvgIpc) is 3.16. The van der Waals surface area contributed by atoms with Crippen molar-refractivity contribution in [3.05, 3.63) is 0 Å². The van der Waals surface area contributed by atoms with E-state index in [0.29, 0.717) is 18.4 Å². The molecule has 172 valence electrons. The number of fused-ring (bicyclic) bond motifs is 1. The number of ether oxygens (including phenoxy) is 2. The summed E-state index contributed by atoms with van der Waals surface area (Å²) in [5.41, 5.74) is 3.65. The van der Waals surface area contributed by atoms with Crippen LogP contribution < -0.4 is 5.43 Å². The van der Waals surface area contributed by atoms with Crippen LogP contribution in [0.4, 0.5) is 9.59 Å². The Morgan fingerprint density at radius 1 is 1.03 bits per heavy atom. The molecule has 0 aromatic rings. The highest BCUT2D eigenvalue weighted by Crippen LogP contribution is 2.40. The van der Waals surface area contributed by atoms with Gasteiger partial charge in [-0.3, -0.25) is 10.3 Å². The van der Waals surface area contributed by atoms with Crippen molar-refractivity contribution in [2.24, 2.45) is 11.8 Å². The van der Waals surface area contributed by atoms with Crippen molar-refractivity contribution in [1.29, 1.82) is 0 Å². The van der Waals surface area contributed by atoms with Crippen molar-refractivity contribution >= 4 is 12.2 Å². The molecule has 8 nitrogen and oxygen atoms in total. The topological polar surface area (TPSA) is 74.4 Å². The van der Waals surface area contributed by atoms with Crippen LogP contribution in [0, 0.1) is 11.8 Å². The van der Waals surface area contributed by atoms with E-state index in [1.54, 1.807) is 0 Å². The van der Waals surface area contributed by atoms with Gasteiger partial charge in [-0.05, 0) is 72.6 Å². The average molecular weight is 425 g/mol. The molecular weight excluding hydrogens is 384 g/mol. The Morgan fingerprint density at radius 2 is 1.73 bits per heavy atom. The Labute approximate surface area is 181 Å². The number of hydrogen-bond acceptors (Lipinski definition) is 6. The van der Waals surface area contributed by atoms with Crippen LogP contribution in [-0.4, -0.2) is 83.5 Å². The van der Waals surface area contributed by atoms with Gasteiger partial charge in [-0.15, -0.1) is 0 Å². The number of nitrogens with zero attached hydrogens (tertiary/aromatic N) is 3. The molecule has 1 aliphatic carbocycles. The molecule has 1 saturated carbocycles. The fourth-order valence-corrected chi connectivity index (χ4v) is 5.40.